The first-order chi connectivity index (χ1) is 5.77. The highest BCUT2D eigenvalue weighted by molar-refractivity contribution is 5.98. The monoisotopic (exact) mass is 164 g/mol. The number of carboxylic acids is 1. The summed E-state index contributed by atoms with van der Waals surface area (Å²) in [6.45, 7) is 0.450. The van der Waals surface area contributed by atoms with Crippen LogP contribution in [0.25, 0.3) is 0 Å². The first-order valence-electron chi connectivity index (χ1n) is 3.69. The Morgan fingerprint density at radius 1 is 1.67 bits per heavy atom. The van der Waals surface area contributed by atoms with Gasteiger partial charge >= 0.3 is 5.97 Å². The molecule has 0 aromatic carbocycles. The fourth-order valence-corrected chi connectivity index (χ4v) is 1.26. The van der Waals surface area contributed by atoms with Gasteiger partial charge in [-0.3, -0.25) is 4.99 Å². The number of carbonyl (C=O) groups is 1. The van der Waals surface area contributed by atoms with Crippen molar-refractivity contribution >= 4 is 11.8 Å². The first-order valence-corrected chi connectivity index (χ1v) is 3.69. The Kier molecular flexibility index (Phi) is 1.46. The smallest absolute Gasteiger partial charge is 0.330 e. The molecule has 2 heterocycles. The van der Waals surface area contributed by atoms with Crippen LogP contribution in [0.3, 0.4) is 0 Å². The third-order valence-electron chi connectivity index (χ3n) is 1.86. The summed E-state index contributed by atoms with van der Waals surface area (Å²) < 4.78 is 0. The van der Waals surface area contributed by atoms with Crippen LogP contribution in [0.2, 0.25) is 0 Å². The standard InChI is InChI=1S/C8H8N2O2/c11-8(12)6-5-10-4-2-1-3-7(10)9-6/h1-4,6H,5H2,(H,11,12)/t6-/m1/s1. The quantitative estimate of drug-likeness (QED) is 0.603. The van der Waals surface area contributed by atoms with Crippen LogP contribution < -0.4 is 0 Å². The summed E-state index contributed by atoms with van der Waals surface area (Å²) in [5.74, 6) is -0.122. The van der Waals surface area contributed by atoms with E-state index in [0.29, 0.717) is 6.54 Å². The average molecular weight is 164 g/mol. The molecule has 2 aliphatic rings. The highest BCUT2D eigenvalue weighted by atomic mass is 16.4. The Labute approximate surface area is 69.5 Å². The molecule has 12 heavy (non-hydrogen) atoms. The molecule has 2 rings (SSSR count). The van der Waals surface area contributed by atoms with Crippen LogP contribution in [-0.2, 0) is 4.79 Å². The van der Waals surface area contributed by atoms with Crippen LogP contribution in [0.15, 0.2) is 29.4 Å². The van der Waals surface area contributed by atoms with Crippen LogP contribution in [-0.4, -0.2) is 34.4 Å². The summed E-state index contributed by atoms with van der Waals surface area (Å²) in [6, 6.07) is -0.604. The lowest BCUT2D eigenvalue weighted by molar-refractivity contribution is -0.138. The molecule has 0 saturated carbocycles. The predicted octanol–water partition coefficient (Wildman–Crippen LogP) is 0.237. The maximum absolute atomic E-state index is 10.6. The number of amidine groups is 1. The topological polar surface area (TPSA) is 52.9 Å². The van der Waals surface area contributed by atoms with Crippen molar-refractivity contribution in [2.45, 2.75) is 6.04 Å². The molecule has 62 valence electrons. The predicted molar refractivity (Wildman–Crippen MR) is 43.8 cm³/mol. The van der Waals surface area contributed by atoms with Crippen molar-refractivity contribution in [2.24, 2.45) is 4.99 Å². The summed E-state index contributed by atoms with van der Waals surface area (Å²) in [5.41, 5.74) is 0. The van der Waals surface area contributed by atoms with Crippen LogP contribution in [0.5, 0.6) is 0 Å². The van der Waals surface area contributed by atoms with Crippen molar-refractivity contribution < 1.29 is 9.90 Å². The second kappa shape index (κ2) is 2.48. The Morgan fingerprint density at radius 3 is 3.17 bits per heavy atom. The fourth-order valence-electron chi connectivity index (χ4n) is 1.26. The normalized spacial score (nSPS) is 25.5. The van der Waals surface area contributed by atoms with Crippen LogP contribution in [0.4, 0.5) is 0 Å². The summed E-state index contributed by atoms with van der Waals surface area (Å²) in [7, 11) is 0. The molecule has 0 radical (unpaired) electrons. The van der Waals surface area contributed by atoms with Crippen molar-refractivity contribution in [3.05, 3.63) is 24.4 Å². The van der Waals surface area contributed by atoms with Gasteiger partial charge in [-0.05, 0) is 12.2 Å². The van der Waals surface area contributed by atoms with Gasteiger partial charge in [0.2, 0.25) is 0 Å². The number of hydrogen-bond acceptors (Lipinski definition) is 3. The molecule has 0 aliphatic carbocycles. The molecule has 0 aromatic heterocycles. The number of nitrogens with zero attached hydrogens (tertiary/aromatic N) is 2. The van der Waals surface area contributed by atoms with Gasteiger partial charge in [-0.15, -0.1) is 0 Å². The first kappa shape index (κ1) is 7.09. The minimum absolute atomic E-state index is 0.450. The molecular formula is C8H8N2O2. The third-order valence-corrected chi connectivity index (χ3v) is 1.86. The van der Waals surface area contributed by atoms with Gasteiger partial charge in [-0.25, -0.2) is 4.79 Å². The van der Waals surface area contributed by atoms with Gasteiger partial charge in [0.15, 0.2) is 6.04 Å². The number of hydrogen-bond donors (Lipinski definition) is 1. The van der Waals surface area contributed by atoms with Gasteiger partial charge in [0.05, 0.1) is 6.54 Å². The van der Waals surface area contributed by atoms with Crippen molar-refractivity contribution in [1.29, 1.82) is 0 Å². The van der Waals surface area contributed by atoms with Crippen LogP contribution in [0.1, 0.15) is 0 Å². The largest absolute Gasteiger partial charge is 0.480 e. The molecule has 4 heteroatoms. The van der Waals surface area contributed by atoms with Crippen LogP contribution >= 0.6 is 0 Å². The lowest BCUT2D eigenvalue weighted by atomic mass is 10.3. The van der Waals surface area contributed by atoms with E-state index in [0.717, 1.165) is 5.84 Å². The van der Waals surface area contributed by atoms with Gasteiger partial charge < -0.3 is 10.0 Å². The summed E-state index contributed by atoms with van der Waals surface area (Å²) >= 11 is 0. The molecule has 0 fully saturated rings. The lowest BCUT2D eigenvalue weighted by Gasteiger charge is -2.14. The highest BCUT2D eigenvalue weighted by Crippen LogP contribution is 2.13. The molecule has 0 spiro atoms. The van der Waals surface area contributed by atoms with Crippen molar-refractivity contribution in [2.75, 3.05) is 6.54 Å². The fraction of sp³-hybridized carbons (Fsp3) is 0.250. The maximum atomic E-state index is 10.6. The SMILES string of the molecule is O=C(O)[C@H]1CN2C=CC=CC2=N1. The Bertz CT molecular complexity index is 304. The van der Waals surface area contributed by atoms with E-state index in [2.05, 4.69) is 4.99 Å². The Balaban J connectivity index is 2.23. The lowest BCUT2D eigenvalue weighted by Crippen LogP contribution is -2.27. The molecule has 0 saturated heterocycles. The molecule has 0 amide bonds. The minimum atomic E-state index is -0.862. The molecule has 0 aromatic rings. The summed E-state index contributed by atoms with van der Waals surface area (Å²) in [5, 5.41) is 8.68. The molecule has 1 N–H and O–H groups in total. The highest BCUT2D eigenvalue weighted by Gasteiger charge is 2.27. The number of rotatable bonds is 1. The van der Waals surface area contributed by atoms with Crippen molar-refractivity contribution in [3.8, 4) is 0 Å². The molecule has 4 nitrogen and oxygen atoms in total. The molecule has 1 atom stereocenters. The van der Waals surface area contributed by atoms with E-state index >= 15 is 0 Å². The van der Waals surface area contributed by atoms with Gasteiger partial charge in [0.1, 0.15) is 5.84 Å². The second-order valence-corrected chi connectivity index (χ2v) is 2.69. The summed E-state index contributed by atoms with van der Waals surface area (Å²) in [4.78, 5) is 16.4. The van der Waals surface area contributed by atoms with E-state index in [1.165, 1.54) is 0 Å². The number of fused-ring (bicyclic) bond motifs is 1. The molecule has 0 bridgehead atoms. The number of aliphatic imine (C=N–C) groups is 1. The van der Waals surface area contributed by atoms with E-state index in [9.17, 15) is 4.79 Å². The molecule has 0 unspecified atom stereocenters. The van der Waals surface area contributed by atoms with E-state index in [1.807, 2.05) is 29.3 Å². The van der Waals surface area contributed by atoms with Gasteiger partial charge in [-0.2, -0.15) is 0 Å². The van der Waals surface area contributed by atoms with Crippen molar-refractivity contribution in [3.63, 3.8) is 0 Å². The van der Waals surface area contributed by atoms with Gasteiger partial charge in [0, 0.05) is 6.20 Å². The van der Waals surface area contributed by atoms with E-state index < -0.39 is 12.0 Å². The number of allylic oxidation sites excluding steroid dienone is 2. The second-order valence-electron chi connectivity index (χ2n) is 2.69. The zero-order valence-corrected chi connectivity index (χ0v) is 6.34. The Hall–Kier alpha value is -1.58. The van der Waals surface area contributed by atoms with Gasteiger partial charge in [-0.1, -0.05) is 6.08 Å². The summed E-state index contributed by atoms with van der Waals surface area (Å²) in [6.07, 6.45) is 7.35. The van der Waals surface area contributed by atoms with E-state index in [4.69, 9.17) is 5.11 Å². The molecule has 2 aliphatic heterocycles. The van der Waals surface area contributed by atoms with Gasteiger partial charge in [0.25, 0.3) is 0 Å². The van der Waals surface area contributed by atoms with Crippen molar-refractivity contribution in [1.82, 2.24) is 4.90 Å². The maximum Gasteiger partial charge on any atom is 0.330 e. The van der Waals surface area contributed by atoms with E-state index in [1.54, 1.807) is 0 Å². The minimum Gasteiger partial charge on any atom is -0.480 e. The molecular weight excluding hydrogens is 156 g/mol. The van der Waals surface area contributed by atoms with Crippen LogP contribution in [0, 0.1) is 0 Å². The Morgan fingerprint density at radius 2 is 2.50 bits per heavy atom. The van der Waals surface area contributed by atoms with E-state index in [-0.39, 0.29) is 0 Å². The zero-order chi connectivity index (χ0) is 8.55. The number of carboxylic acid groups (broad SMARTS) is 1. The zero-order valence-electron chi connectivity index (χ0n) is 6.34. The average Bonchev–Trinajstić information content (AvgIpc) is 2.46. The third kappa shape index (κ3) is 1.01. The number of aliphatic carboxylic acids is 1.